The third kappa shape index (κ3) is 4.22. The molecule has 0 radical (unpaired) electrons. The van der Waals surface area contributed by atoms with Gasteiger partial charge in [-0.1, -0.05) is 20.8 Å². The average molecular weight is 383 g/mol. The molecule has 1 N–H and O–H groups in total. The highest BCUT2D eigenvalue weighted by Crippen LogP contribution is 2.39. The summed E-state index contributed by atoms with van der Waals surface area (Å²) in [6.45, 7) is 12.9. The van der Waals surface area contributed by atoms with E-state index in [1.54, 1.807) is 0 Å². The highest BCUT2D eigenvalue weighted by molar-refractivity contribution is 5.59. The summed E-state index contributed by atoms with van der Waals surface area (Å²) in [5, 5.41) is 16.8. The van der Waals surface area contributed by atoms with Gasteiger partial charge in [-0.25, -0.2) is 0 Å². The molecular formula is C22H34N6. The molecule has 1 aliphatic heterocycles. The van der Waals surface area contributed by atoms with Crippen molar-refractivity contribution in [3.05, 3.63) is 23.9 Å². The molecular weight excluding hydrogens is 348 g/mol. The third-order valence-electron chi connectivity index (χ3n) is 6.39. The van der Waals surface area contributed by atoms with Crippen LogP contribution in [0, 0.1) is 24.2 Å². The van der Waals surface area contributed by atoms with Gasteiger partial charge in [-0.05, 0) is 67.7 Å². The van der Waals surface area contributed by atoms with E-state index in [2.05, 4.69) is 59.3 Å². The Morgan fingerprint density at radius 1 is 1.11 bits per heavy atom. The van der Waals surface area contributed by atoms with Gasteiger partial charge in [0.1, 0.15) is 11.5 Å². The van der Waals surface area contributed by atoms with E-state index in [4.69, 9.17) is 0 Å². The molecule has 1 aliphatic carbocycles. The Balaban J connectivity index is 1.30. The molecule has 1 saturated heterocycles. The van der Waals surface area contributed by atoms with Gasteiger partial charge in [0.05, 0.1) is 11.9 Å². The molecule has 1 saturated carbocycles. The summed E-state index contributed by atoms with van der Waals surface area (Å²) < 4.78 is 1.86. The molecule has 0 aromatic carbocycles. The van der Waals surface area contributed by atoms with E-state index in [-0.39, 0.29) is 0 Å². The van der Waals surface area contributed by atoms with Gasteiger partial charge in [0.2, 0.25) is 0 Å². The highest BCUT2D eigenvalue weighted by Gasteiger charge is 2.40. The molecule has 3 atom stereocenters. The predicted molar refractivity (Wildman–Crippen MR) is 113 cm³/mol. The Labute approximate surface area is 168 Å². The number of hydrogen-bond donors (Lipinski definition) is 1. The number of nitrogens with one attached hydrogen (secondary N) is 1. The lowest BCUT2D eigenvalue weighted by Crippen LogP contribution is -2.28. The topological polar surface area (TPSA) is 58.9 Å². The van der Waals surface area contributed by atoms with Crippen LogP contribution < -0.4 is 5.32 Å². The van der Waals surface area contributed by atoms with Crippen molar-refractivity contribution >= 4 is 5.82 Å². The minimum Gasteiger partial charge on any atom is -0.366 e. The van der Waals surface area contributed by atoms with Crippen molar-refractivity contribution in [1.82, 2.24) is 24.9 Å². The number of aromatic nitrogens is 4. The first-order valence-corrected chi connectivity index (χ1v) is 10.6. The smallest absolute Gasteiger partial charge is 0.148 e. The fourth-order valence-corrected chi connectivity index (χ4v) is 4.85. The quantitative estimate of drug-likeness (QED) is 0.853. The maximum Gasteiger partial charge on any atom is 0.148 e. The SMILES string of the molecule is Cc1cnn(C)c1-c1ccc(NC2CC3CN(CCC(C)(C)C)C[C@H]3C2)nn1. The van der Waals surface area contributed by atoms with E-state index in [0.29, 0.717) is 11.5 Å². The van der Waals surface area contributed by atoms with Crippen molar-refractivity contribution in [2.75, 3.05) is 25.0 Å². The molecule has 2 unspecified atom stereocenters. The van der Waals surface area contributed by atoms with Crippen LogP contribution in [0.15, 0.2) is 18.3 Å². The summed E-state index contributed by atoms with van der Waals surface area (Å²) in [6.07, 6.45) is 5.65. The van der Waals surface area contributed by atoms with E-state index >= 15 is 0 Å². The number of aryl methyl sites for hydroxylation is 2. The van der Waals surface area contributed by atoms with Gasteiger partial charge in [0.25, 0.3) is 0 Å². The van der Waals surface area contributed by atoms with Gasteiger partial charge in [-0.15, -0.1) is 10.2 Å². The second-order valence-corrected chi connectivity index (χ2v) is 10.0. The van der Waals surface area contributed by atoms with Crippen LogP contribution in [0.25, 0.3) is 11.4 Å². The van der Waals surface area contributed by atoms with Crippen LogP contribution >= 0.6 is 0 Å². The number of nitrogens with zero attached hydrogens (tertiary/aromatic N) is 5. The number of rotatable bonds is 5. The van der Waals surface area contributed by atoms with Crippen molar-refractivity contribution in [3.63, 3.8) is 0 Å². The largest absolute Gasteiger partial charge is 0.366 e. The number of fused-ring (bicyclic) bond motifs is 1. The summed E-state index contributed by atoms with van der Waals surface area (Å²) >= 11 is 0. The Hall–Kier alpha value is -1.95. The van der Waals surface area contributed by atoms with Crippen molar-refractivity contribution in [2.24, 2.45) is 24.3 Å². The molecule has 2 aromatic heterocycles. The minimum absolute atomic E-state index is 0.431. The number of anilines is 1. The summed E-state index contributed by atoms with van der Waals surface area (Å²) in [6, 6.07) is 4.63. The van der Waals surface area contributed by atoms with Gasteiger partial charge in [0.15, 0.2) is 0 Å². The average Bonchev–Trinajstić information content (AvgIpc) is 3.27. The molecule has 4 rings (SSSR count). The molecule has 3 heterocycles. The van der Waals surface area contributed by atoms with E-state index < -0.39 is 0 Å². The van der Waals surface area contributed by atoms with Crippen LogP contribution in [0.2, 0.25) is 0 Å². The van der Waals surface area contributed by atoms with Crippen molar-refractivity contribution < 1.29 is 0 Å². The predicted octanol–water partition coefficient (Wildman–Crippen LogP) is 3.74. The van der Waals surface area contributed by atoms with Crippen molar-refractivity contribution in [3.8, 4) is 11.4 Å². The van der Waals surface area contributed by atoms with Crippen LogP contribution in [0.5, 0.6) is 0 Å². The van der Waals surface area contributed by atoms with Crippen molar-refractivity contribution in [2.45, 2.75) is 53.0 Å². The van der Waals surface area contributed by atoms with Gasteiger partial charge in [-0.2, -0.15) is 5.10 Å². The van der Waals surface area contributed by atoms with E-state index in [1.165, 1.54) is 38.9 Å². The summed E-state index contributed by atoms with van der Waals surface area (Å²) in [4.78, 5) is 2.68. The van der Waals surface area contributed by atoms with Crippen LogP contribution in [0.4, 0.5) is 5.82 Å². The zero-order valence-electron chi connectivity index (χ0n) is 17.9. The monoisotopic (exact) mass is 382 g/mol. The lowest BCUT2D eigenvalue weighted by molar-refractivity contribution is 0.250. The number of hydrogen-bond acceptors (Lipinski definition) is 5. The standard InChI is InChI=1S/C22H34N6/c1-15-12-23-27(5)21(15)19-6-7-20(26-25-19)24-18-10-16-13-28(14-17(16)11-18)9-8-22(2,3)4/h6-7,12,16-18H,8-11,13-14H2,1-5H3,(H,24,26)/t16-,17?,18?/m1/s1. The molecule has 2 aromatic rings. The first-order valence-electron chi connectivity index (χ1n) is 10.6. The van der Waals surface area contributed by atoms with Crippen molar-refractivity contribution in [1.29, 1.82) is 0 Å². The van der Waals surface area contributed by atoms with Crippen LogP contribution in [-0.4, -0.2) is 50.6 Å². The third-order valence-corrected chi connectivity index (χ3v) is 6.39. The van der Waals surface area contributed by atoms with Gasteiger partial charge >= 0.3 is 0 Å². The molecule has 2 fully saturated rings. The van der Waals surface area contributed by atoms with Gasteiger partial charge < -0.3 is 10.2 Å². The zero-order chi connectivity index (χ0) is 19.9. The first kappa shape index (κ1) is 19.4. The molecule has 6 heteroatoms. The second-order valence-electron chi connectivity index (χ2n) is 10.0. The maximum absolute atomic E-state index is 4.43. The lowest BCUT2D eigenvalue weighted by Gasteiger charge is -2.24. The maximum atomic E-state index is 4.43. The Kier molecular flexibility index (Phi) is 5.17. The molecule has 0 bridgehead atoms. The molecule has 152 valence electrons. The fraction of sp³-hybridized carbons (Fsp3) is 0.682. The molecule has 2 aliphatic rings. The zero-order valence-corrected chi connectivity index (χ0v) is 17.9. The summed E-state index contributed by atoms with van der Waals surface area (Å²) in [5.74, 6) is 2.56. The molecule has 0 spiro atoms. The van der Waals surface area contributed by atoms with E-state index in [9.17, 15) is 0 Å². The van der Waals surface area contributed by atoms with Crippen LogP contribution in [0.3, 0.4) is 0 Å². The fourth-order valence-electron chi connectivity index (χ4n) is 4.85. The van der Waals surface area contributed by atoms with Crippen LogP contribution in [0.1, 0.15) is 45.6 Å². The molecule has 0 amide bonds. The Morgan fingerprint density at radius 2 is 1.82 bits per heavy atom. The molecule has 28 heavy (non-hydrogen) atoms. The Morgan fingerprint density at radius 3 is 2.36 bits per heavy atom. The molecule has 6 nitrogen and oxygen atoms in total. The normalized spacial score (nSPS) is 25.2. The van der Waals surface area contributed by atoms with E-state index in [0.717, 1.165) is 34.6 Å². The second kappa shape index (κ2) is 7.47. The lowest BCUT2D eigenvalue weighted by atomic mass is 9.92. The number of likely N-dealkylation sites (tertiary alicyclic amines) is 1. The van der Waals surface area contributed by atoms with Crippen LogP contribution in [-0.2, 0) is 7.05 Å². The summed E-state index contributed by atoms with van der Waals surface area (Å²) in [7, 11) is 1.94. The first-order chi connectivity index (χ1) is 13.3. The van der Waals surface area contributed by atoms with Gasteiger partial charge in [0, 0.05) is 26.2 Å². The Bertz CT molecular complexity index is 770. The minimum atomic E-state index is 0.431. The summed E-state index contributed by atoms with van der Waals surface area (Å²) in [5.41, 5.74) is 3.46. The van der Waals surface area contributed by atoms with Gasteiger partial charge in [-0.3, -0.25) is 4.68 Å². The van der Waals surface area contributed by atoms with E-state index in [1.807, 2.05) is 24.0 Å². The highest BCUT2D eigenvalue weighted by atomic mass is 15.3.